The average molecular weight is 486 g/mol. The van der Waals surface area contributed by atoms with Crippen LogP contribution in [0.2, 0.25) is 0 Å². The molecule has 5 rings (SSSR count). The van der Waals surface area contributed by atoms with E-state index < -0.39 is 0 Å². The number of allylic oxidation sites excluding steroid dienone is 2. The number of anilines is 2. The number of rotatable bonds is 7. The molecule has 1 aliphatic carbocycles. The van der Waals surface area contributed by atoms with Crippen LogP contribution in [-0.2, 0) is 6.42 Å². The van der Waals surface area contributed by atoms with Gasteiger partial charge in [0, 0.05) is 50.0 Å². The lowest BCUT2D eigenvalue weighted by Gasteiger charge is -2.36. The first-order valence-electron chi connectivity index (χ1n) is 12.1. The normalized spacial score (nSPS) is 15.8. The molecule has 3 aromatic rings. The summed E-state index contributed by atoms with van der Waals surface area (Å²) >= 11 is 0. The van der Waals surface area contributed by atoms with E-state index in [-0.39, 0.29) is 28.8 Å². The molecule has 1 fully saturated rings. The third-order valence-corrected chi connectivity index (χ3v) is 6.71. The van der Waals surface area contributed by atoms with Crippen LogP contribution in [0.4, 0.5) is 15.9 Å². The number of carbonyl (C=O) groups is 2. The summed E-state index contributed by atoms with van der Waals surface area (Å²) in [5, 5.41) is 3.03. The fourth-order valence-electron chi connectivity index (χ4n) is 4.76. The zero-order valence-corrected chi connectivity index (χ0v) is 19.9. The van der Waals surface area contributed by atoms with Crippen LogP contribution in [-0.4, -0.2) is 49.3 Å². The number of fused-ring (bicyclic) bond motifs is 1. The Morgan fingerprint density at radius 1 is 0.889 bits per heavy atom. The lowest BCUT2D eigenvalue weighted by Crippen LogP contribution is -2.47. The standard InChI is InChI=1S/C28H28FN5O2/c29-22-18-19(10-11-23(22)33-14-16-34(17-15-33)24-9-3-4-12-31-24)6-5-13-32-26-25(30)27(35)20-7-1-2-8-21(20)28(26)36/h1-4,7-12,18,32H,5-6,13-17,30H2. The maximum Gasteiger partial charge on any atom is 0.211 e. The van der Waals surface area contributed by atoms with Gasteiger partial charge in [-0.05, 0) is 42.7 Å². The largest absolute Gasteiger partial charge is 0.394 e. The lowest BCUT2D eigenvalue weighted by atomic mass is 9.90. The van der Waals surface area contributed by atoms with Crippen molar-refractivity contribution in [1.82, 2.24) is 10.3 Å². The van der Waals surface area contributed by atoms with Crippen LogP contribution in [0.5, 0.6) is 0 Å². The number of carbonyl (C=O) groups excluding carboxylic acids is 2. The van der Waals surface area contributed by atoms with Crippen LogP contribution >= 0.6 is 0 Å². The highest BCUT2D eigenvalue weighted by Crippen LogP contribution is 2.25. The minimum absolute atomic E-state index is 0.0581. The van der Waals surface area contributed by atoms with Gasteiger partial charge < -0.3 is 20.9 Å². The zero-order chi connectivity index (χ0) is 25.1. The number of benzene rings is 2. The van der Waals surface area contributed by atoms with Crippen molar-refractivity contribution in [2.45, 2.75) is 12.8 Å². The van der Waals surface area contributed by atoms with E-state index in [2.05, 4.69) is 20.1 Å². The summed E-state index contributed by atoms with van der Waals surface area (Å²) in [6.45, 7) is 3.46. The van der Waals surface area contributed by atoms with E-state index in [4.69, 9.17) is 5.73 Å². The molecule has 1 saturated heterocycles. The molecular weight excluding hydrogens is 457 g/mol. The smallest absolute Gasteiger partial charge is 0.211 e. The second-order valence-corrected chi connectivity index (χ2v) is 8.97. The molecule has 0 saturated carbocycles. The number of piperazine rings is 1. The van der Waals surface area contributed by atoms with Crippen molar-refractivity contribution in [3.05, 3.63) is 101 Å². The van der Waals surface area contributed by atoms with Crippen molar-refractivity contribution in [3.8, 4) is 0 Å². The van der Waals surface area contributed by atoms with E-state index in [1.165, 1.54) is 0 Å². The second-order valence-electron chi connectivity index (χ2n) is 8.97. The molecule has 2 heterocycles. The van der Waals surface area contributed by atoms with E-state index in [0.717, 1.165) is 37.6 Å². The third kappa shape index (κ3) is 4.66. The Labute approximate surface area is 209 Å². The van der Waals surface area contributed by atoms with Gasteiger partial charge in [0.05, 0.1) is 5.69 Å². The Morgan fingerprint density at radius 3 is 2.28 bits per heavy atom. The van der Waals surface area contributed by atoms with Crippen molar-refractivity contribution in [1.29, 1.82) is 0 Å². The highest BCUT2D eigenvalue weighted by atomic mass is 19.1. The molecule has 0 spiro atoms. The molecule has 0 bridgehead atoms. The Kier molecular flexibility index (Phi) is 6.66. The van der Waals surface area contributed by atoms with Crippen LogP contribution in [0.25, 0.3) is 0 Å². The van der Waals surface area contributed by atoms with Gasteiger partial charge in [-0.25, -0.2) is 9.37 Å². The first-order valence-corrected chi connectivity index (χ1v) is 12.1. The molecule has 0 radical (unpaired) electrons. The van der Waals surface area contributed by atoms with E-state index in [1.807, 2.05) is 30.3 Å². The minimum Gasteiger partial charge on any atom is -0.394 e. The molecule has 1 aromatic heterocycles. The van der Waals surface area contributed by atoms with E-state index in [0.29, 0.717) is 36.2 Å². The number of Topliss-reactive ketones (excluding diaryl/α,β-unsaturated/α-hetero) is 2. The highest BCUT2D eigenvalue weighted by molar-refractivity contribution is 6.26. The maximum absolute atomic E-state index is 15.0. The summed E-state index contributed by atoms with van der Waals surface area (Å²) in [6, 6.07) is 17.9. The highest BCUT2D eigenvalue weighted by Gasteiger charge is 2.30. The summed E-state index contributed by atoms with van der Waals surface area (Å²) in [7, 11) is 0. The minimum atomic E-state index is -0.341. The fourth-order valence-corrected chi connectivity index (χ4v) is 4.76. The Hall–Kier alpha value is -4.20. The predicted octanol–water partition coefficient (Wildman–Crippen LogP) is 3.32. The fraction of sp³-hybridized carbons (Fsp3) is 0.250. The third-order valence-electron chi connectivity index (χ3n) is 6.71. The SMILES string of the molecule is NC1=C(NCCCc2ccc(N3CCN(c4ccccn4)CC3)c(F)c2)C(=O)c2ccccc2C1=O. The topological polar surface area (TPSA) is 91.6 Å². The molecular formula is C28H28FN5O2. The van der Waals surface area contributed by atoms with Gasteiger partial charge in [0.15, 0.2) is 0 Å². The molecule has 0 amide bonds. The van der Waals surface area contributed by atoms with Crippen molar-refractivity contribution in [2.75, 3.05) is 42.5 Å². The van der Waals surface area contributed by atoms with Crippen molar-refractivity contribution >= 4 is 23.1 Å². The second kappa shape index (κ2) is 10.2. The molecule has 184 valence electrons. The Bertz CT molecular complexity index is 1320. The zero-order valence-electron chi connectivity index (χ0n) is 19.9. The van der Waals surface area contributed by atoms with Crippen LogP contribution in [0.1, 0.15) is 32.7 Å². The predicted molar refractivity (Wildman–Crippen MR) is 138 cm³/mol. The number of aryl methyl sites for hydroxylation is 1. The number of hydrogen-bond acceptors (Lipinski definition) is 7. The van der Waals surface area contributed by atoms with E-state index in [9.17, 15) is 14.0 Å². The Morgan fingerprint density at radius 2 is 1.58 bits per heavy atom. The number of nitrogens with one attached hydrogen (secondary N) is 1. The number of aromatic nitrogens is 1. The Balaban J connectivity index is 1.14. The van der Waals surface area contributed by atoms with Crippen LogP contribution in [0.3, 0.4) is 0 Å². The van der Waals surface area contributed by atoms with Gasteiger partial charge in [-0.1, -0.05) is 36.4 Å². The van der Waals surface area contributed by atoms with Crippen LogP contribution in [0, 0.1) is 5.82 Å². The van der Waals surface area contributed by atoms with Crippen molar-refractivity contribution in [3.63, 3.8) is 0 Å². The molecule has 7 nitrogen and oxygen atoms in total. The summed E-state index contributed by atoms with van der Waals surface area (Å²) in [6.07, 6.45) is 3.07. The summed E-state index contributed by atoms with van der Waals surface area (Å²) in [5.41, 5.74) is 8.22. The quantitative estimate of drug-likeness (QED) is 0.496. The van der Waals surface area contributed by atoms with Gasteiger partial charge in [0.25, 0.3) is 0 Å². The van der Waals surface area contributed by atoms with Crippen molar-refractivity contribution < 1.29 is 14.0 Å². The summed E-state index contributed by atoms with van der Waals surface area (Å²) in [5.74, 6) is 0.0958. The lowest BCUT2D eigenvalue weighted by molar-refractivity contribution is 0.0967. The van der Waals surface area contributed by atoms with Gasteiger partial charge >= 0.3 is 0 Å². The molecule has 3 N–H and O–H groups in total. The number of pyridine rings is 1. The molecule has 2 aliphatic rings. The molecule has 0 unspecified atom stereocenters. The first kappa shape index (κ1) is 23.5. The molecule has 2 aromatic carbocycles. The molecule has 8 heteroatoms. The number of hydrogen-bond donors (Lipinski definition) is 2. The van der Waals surface area contributed by atoms with Gasteiger partial charge in [0.1, 0.15) is 23.0 Å². The average Bonchev–Trinajstić information content (AvgIpc) is 2.92. The molecule has 1 aliphatic heterocycles. The van der Waals surface area contributed by atoms with E-state index in [1.54, 1.807) is 36.5 Å². The number of halogens is 1. The van der Waals surface area contributed by atoms with Gasteiger partial charge in [-0.2, -0.15) is 0 Å². The number of nitrogens with zero attached hydrogens (tertiary/aromatic N) is 3. The van der Waals surface area contributed by atoms with Gasteiger partial charge in [-0.15, -0.1) is 0 Å². The molecule has 0 atom stereocenters. The number of ketones is 2. The van der Waals surface area contributed by atoms with Crippen LogP contribution in [0.15, 0.2) is 78.3 Å². The van der Waals surface area contributed by atoms with Gasteiger partial charge in [-0.3, -0.25) is 9.59 Å². The monoisotopic (exact) mass is 485 g/mol. The van der Waals surface area contributed by atoms with Crippen LogP contribution < -0.4 is 20.9 Å². The first-order chi connectivity index (χ1) is 17.5. The maximum atomic E-state index is 15.0. The summed E-state index contributed by atoms with van der Waals surface area (Å²) < 4.78 is 15.0. The molecule has 36 heavy (non-hydrogen) atoms. The number of nitrogens with two attached hydrogens (primary N) is 1. The van der Waals surface area contributed by atoms with E-state index >= 15 is 0 Å². The summed E-state index contributed by atoms with van der Waals surface area (Å²) in [4.78, 5) is 33.9. The van der Waals surface area contributed by atoms with Crippen molar-refractivity contribution in [2.24, 2.45) is 5.73 Å². The van der Waals surface area contributed by atoms with Gasteiger partial charge in [0.2, 0.25) is 11.6 Å².